The molecule has 1 aromatic carbocycles. The van der Waals surface area contributed by atoms with E-state index in [1.165, 1.54) is 0 Å². The van der Waals surface area contributed by atoms with Crippen LogP contribution in [0.25, 0.3) is 10.9 Å². The van der Waals surface area contributed by atoms with Gasteiger partial charge in [0.2, 0.25) is 0 Å². The van der Waals surface area contributed by atoms with Crippen LogP contribution in [0.4, 0.5) is 5.69 Å². The molecular formula is C12H16Cl2N2O2. The maximum atomic E-state index is 5.93. The third-order valence-electron chi connectivity index (χ3n) is 2.59. The van der Waals surface area contributed by atoms with Gasteiger partial charge in [0.25, 0.3) is 0 Å². The Labute approximate surface area is 118 Å². The average Bonchev–Trinajstić information content (AvgIpc) is 2.29. The second kappa shape index (κ2) is 6.52. The van der Waals surface area contributed by atoms with E-state index >= 15 is 0 Å². The van der Waals surface area contributed by atoms with Crippen molar-refractivity contribution in [1.82, 2.24) is 4.98 Å². The van der Waals surface area contributed by atoms with E-state index < -0.39 is 0 Å². The number of fused-ring (bicyclic) bond motifs is 1. The minimum atomic E-state index is 0. The lowest BCUT2D eigenvalue weighted by Crippen LogP contribution is -1.98. The number of hydrogen-bond donors (Lipinski definition) is 1. The summed E-state index contributed by atoms with van der Waals surface area (Å²) in [6.45, 7) is 1.99. The Balaban J connectivity index is 0.00000144. The van der Waals surface area contributed by atoms with Crippen molar-refractivity contribution in [3.8, 4) is 11.5 Å². The van der Waals surface area contributed by atoms with Gasteiger partial charge in [-0.3, -0.25) is 4.98 Å². The molecule has 4 nitrogen and oxygen atoms in total. The number of hydrogen-bond acceptors (Lipinski definition) is 4. The number of nitrogens with zero attached hydrogens (tertiary/aromatic N) is 1. The number of aryl methyl sites for hydroxylation is 1. The van der Waals surface area contributed by atoms with Crippen LogP contribution in [0.2, 0.25) is 0 Å². The van der Waals surface area contributed by atoms with Crippen LogP contribution in [0.1, 0.15) is 5.56 Å². The number of nitrogen functional groups attached to an aromatic ring is 1. The van der Waals surface area contributed by atoms with Crippen molar-refractivity contribution >= 4 is 41.4 Å². The van der Waals surface area contributed by atoms with E-state index in [9.17, 15) is 0 Å². The molecule has 2 aromatic rings. The zero-order valence-electron chi connectivity index (χ0n) is 10.4. The first kappa shape index (κ1) is 16.6. The van der Waals surface area contributed by atoms with Gasteiger partial charge in [-0.25, -0.2) is 0 Å². The molecule has 0 aliphatic heterocycles. The first-order chi connectivity index (χ1) is 7.69. The molecule has 1 heterocycles. The van der Waals surface area contributed by atoms with Crippen molar-refractivity contribution < 1.29 is 9.47 Å². The van der Waals surface area contributed by atoms with Crippen LogP contribution in [0.3, 0.4) is 0 Å². The average molecular weight is 291 g/mol. The number of rotatable bonds is 2. The van der Waals surface area contributed by atoms with Gasteiger partial charge in [-0.2, -0.15) is 0 Å². The maximum absolute atomic E-state index is 5.93. The molecule has 0 unspecified atom stereocenters. The molecule has 0 atom stereocenters. The van der Waals surface area contributed by atoms with Crippen molar-refractivity contribution in [3.63, 3.8) is 0 Å². The number of anilines is 1. The summed E-state index contributed by atoms with van der Waals surface area (Å²) in [5.41, 5.74) is 8.33. The highest BCUT2D eigenvalue weighted by Gasteiger charge is 2.14. The summed E-state index contributed by atoms with van der Waals surface area (Å²) in [5, 5.41) is 0.904. The van der Waals surface area contributed by atoms with Crippen LogP contribution >= 0.6 is 24.8 Å². The third-order valence-corrected chi connectivity index (χ3v) is 2.59. The van der Waals surface area contributed by atoms with Crippen LogP contribution in [-0.4, -0.2) is 19.2 Å². The Morgan fingerprint density at radius 2 is 1.83 bits per heavy atom. The largest absolute Gasteiger partial charge is 0.493 e. The summed E-state index contributed by atoms with van der Waals surface area (Å²) in [7, 11) is 3.20. The topological polar surface area (TPSA) is 57.4 Å². The van der Waals surface area contributed by atoms with Gasteiger partial charge in [0, 0.05) is 12.3 Å². The van der Waals surface area contributed by atoms with Crippen LogP contribution in [0.15, 0.2) is 18.3 Å². The smallest absolute Gasteiger partial charge is 0.170 e. The number of pyridine rings is 1. The van der Waals surface area contributed by atoms with Crippen molar-refractivity contribution in [2.75, 3.05) is 20.0 Å². The van der Waals surface area contributed by atoms with Gasteiger partial charge in [-0.1, -0.05) is 0 Å². The Morgan fingerprint density at radius 1 is 1.17 bits per heavy atom. The molecule has 0 radical (unpaired) electrons. The molecule has 6 heteroatoms. The second-order valence-corrected chi connectivity index (χ2v) is 3.55. The van der Waals surface area contributed by atoms with Gasteiger partial charge in [0.1, 0.15) is 0 Å². The molecule has 2 rings (SSSR count). The van der Waals surface area contributed by atoms with Gasteiger partial charge in [-0.05, 0) is 18.6 Å². The van der Waals surface area contributed by atoms with Gasteiger partial charge in [0.15, 0.2) is 11.5 Å². The van der Waals surface area contributed by atoms with E-state index in [2.05, 4.69) is 4.98 Å². The zero-order valence-corrected chi connectivity index (χ0v) is 12.0. The van der Waals surface area contributed by atoms with E-state index in [1.807, 2.05) is 13.0 Å². The highest BCUT2D eigenvalue weighted by Crippen LogP contribution is 2.39. The molecule has 0 saturated heterocycles. The van der Waals surface area contributed by atoms with Crippen LogP contribution in [0.5, 0.6) is 11.5 Å². The summed E-state index contributed by atoms with van der Waals surface area (Å²) in [4.78, 5) is 4.27. The Kier molecular flexibility index (Phi) is 6.01. The first-order valence-corrected chi connectivity index (χ1v) is 4.94. The Hall–Kier alpha value is -1.39. The lowest BCUT2D eigenvalue weighted by molar-refractivity contribution is 0.358. The molecule has 1 aromatic heterocycles. The summed E-state index contributed by atoms with van der Waals surface area (Å²) in [6, 6.07) is 3.65. The van der Waals surface area contributed by atoms with Crippen LogP contribution < -0.4 is 15.2 Å². The van der Waals surface area contributed by atoms with Crippen molar-refractivity contribution in [2.24, 2.45) is 0 Å². The van der Waals surface area contributed by atoms with Crippen molar-refractivity contribution in [3.05, 3.63) is 23.9 Å². The molecule has 0 saturated carbocycles. The molecule has 100 valence electrons. The van der Waals surface area contributed by atoms with Crippen molar-refractivity contribution in [2.45, 2.75) is 6.92 Å². The number of benzene rings is 1. The van der Waals surface area contributed by atoms with Crippen LogP contribution in [0, 0.1) is 6.92 Å². The summed E-state index contributed by atoms with van der Waals surface area (Å²) in [6.07, 6.45) is 1.74. The minimum absolute atomic E-state index is 0. The number of aromatic nitrogens is 1. The molecule has 0 fully saturated rings. The quantitative estimate of drug-likeness (QED) is 0.864. The number of methoxy groups -OCH3 is 2. The maximum Gasteiger partial charge on any atom is 0.170 e. The molecule has 0 amide bonds. The molecule has 18 heavy (non-hydrogen) atoms. The van der Waals surface area contributed by atoms with E-state index in [4.69, 9.17) is 15.2 Å². The predicted molar refractivity (Wildman–Crippen MR) is 78.5 cm³/mol. The Morgan fingerprint density at radius 3 is 2.39 bits per heavy atom. The third kappa shape index (κ3) is 2.54. The fourth-order valence-electron chi connectivity index (χ4n) is 1.82. The van der Waals surface area contributed by atoms with Gasteiger partial charge < -0.3 is 15.2 Å². The van der Waals surface area contributed by atoms with E-state index in [1.54, 1.807) is 26.5 Å². The molecule has 0 aliphatic rings. The standard InChI is InChI=1S/C12H14N2O2.2ClH/c1-7-4-5-14-11-8(13)6-9(15-2)12(16-3)10(7)11;;/h4-6H,13H2,1-3H3;2*1H. The fourth-order valence-corrected chi connectivity index (χ4v) is 1.82. The summed E-state index contributed by atoms with van der Waals surface area (Å²) >= 11 is 0. The van der Waals surface area contributed by atoms with E-state index in [0.717, 1.165) is 16.5 Å². The highest BCUT2D eigenvalue weighted by atomic mass is 35.5. The fraction of sp³-hybridized carbons (Fsp3) is 0.250. The monoisotopic (exact) mass is 290 g/mol. The van der Waals surface area contributed by atoms with E-state index in [0.29, 0.717) is 17.2 Å². The lowest BCUT2D eigenvalue weighted by Gasteiger charge is -2.13. The van der Waals surface area contributed by atoms with Gasteiger partial charge >= 0.3 is 0 Å². The predicted octanol–water partition coefficient (Wildman–Crippen LogP) is 2.99. The SMILES string of the molecule is COc1cc(N)c2nccc(C)c2c1OC.Cl.Cl. The van der Waals surface area contributed by atoms with Gasteiger partial charge in [0.05, 0.1) is 30.8 Å². The second-order valence-electron chi connectivity index (χ2n) is 3.55. The summed E-state index contributed by atoms with van der Waals surface area (Å²) < 4.78 is 10.6. The van der Waals surface area contributed by atoms with E-state index in [-0.39, 0.29) is 24.8 Å². The molecule has 0 aliphatic carbocycles. The highest BCUT2D eigenvalue weighted by molar-refractivity contribution is 5.98. The first-order valence-electron chi connectivity index (χ1n) is 4.94. The van der Waals surface area contributed by atoms with Crippen molar-refractivity contribution in [1.29, 1.82) is 0 Å². The Bertz CT molecular complexity index is 547. The molecule has 0 spiro atoms. The zero-order chi connectivity index (χ0) is 11.7. The lowest BCUT2D eigenvalue weighted by atomic mass is 10.1. The molecule has 0 bridgehead atoms. The molecular weight excluding hydrogens is 275 g/mol. The number of ether oxygens (including phenoxy) is 2. The molecule has 2 N–H and O–H groups in total. The van der Waals surface area contributed by atoms with Gasteiger partial charge in [-0.15, -0.1) is 24.8 Å². The number of halogens is 2. The minimum Gasteiger partial charge on any atom is -0.493 e. The van der Waals surface area contributed by atoms with Crippen LogP contribution in [-0.2, 0) is 0 Å². The normalized spacial score (nSPS) is 9.28. The number of nitrogens with two attached hydrogens (primary N) is 1. The summed E-state index contributed by atoms with van der Waals surface area (Å²) in [5.74, 6) is 1.31.